The maximum absolute atomic E-state index is 13.5. The highest BCUT2D eigenvalue weighted by atomic mass is 16.2. The first-order valence-electron chi connectivity index (χ1n) is 14.0. The summed E-state index contributed by atoms with van der Waals surface area (Å²) in [5.41, 5.74) is 13.7. The minimum Gasteiger partial charge on any atom is -0.370 e. The molecule has 6 N–H and O–H groups in total. The molecule has 1 saturated heterocycles. The first-order chi connectivity index (χ1) is 18.5. The van der Waals surface area contributed by atoms with Crippen LogP contribution in [0.4, 0.5) is 0 Å². The van der Waals surface area contributed by atoms with Gasteiger partial charge in [-0.25, -0.2) is 0 Å². The van der Waals surface area contributed by atoms with Gasteiger partial charge in [0.2, 0.25) is 5.91 Å². The predicted octanol–water partition coefficient (Wildman–Crippen LogP) is 3.28. The van der Waals surface area contributed by atoms with E-state index in [0.717, 1.165) is 24.1 Å². The number of guanidine groups is 1. The Morgan fingerprint density at radius 1 is 0.974 bits per heavy atom. The zero-order valence-electron chi connectivity index (χ0n) is 22.3. The van der Waals surface area contributed by atoms with Crippen LogP contribution in [0.15, 0.2) is 59.6 Å². The molecule has 2 fully saturated rings. The second-order valence-corrected chi connectivity index (χ2v) is 10.6. The van der Waals surface area contributed by atoms with Crippen molar-refractivity contribution in [1.29, 1.82) is 0 Å². The molecule has 0 spiro atoms. The fourth-order valence-electron chi connectivity index (χ4n) is 5.58. The van der Waals surface area contributed by atoms with Crippen LogP contribution in [-0.4, -0.2) is 60.9 Å². The molecule has 2 aromatic carbocycles. The van der Waals surface area contributed by atoms with Gasteiger partial charge in [0.05, 0.1) is 6.04 Å². The predicted molar refractivity (Wildman–Crippen MR) is 153 cm³/mol. The van der Waals surface area contributed by atoms with Crippen molar-refractivity contribution < 1.29 is 9.59 Å². The largest absolute Gasteiger partial charge is 0.370 e. The van der Waals surface area contributed by atoms with E-state index in [0.29, 0.717) is 44.0 Å². The third-order valence-electron chi connectivity index (χ3n) is 7.71. The van der Waals surface area contributed by atoms with E-state index in [4.69, 9.17) is 11.5 Å². The van der Waals surface area contributed by atoms with E-state index < -0.39 is 0 Å². The Morgan fingerprint density at radius 2 is 1.68 bits per heavy atom. The number of hydrogen-bond acceptors (Lipinski definition) is 4. The molecule has 0 bridgehead atoms. The summed E-state index contributed by atoms with van der Waals surface area (Å²) in [7, 11) is 0. The Hall–Kier alpha value is -3.39. The van der Waals surface area contributed by atoms with E-state index in [1.165, 1.54) is 32.1 Å². The SMILES string of the molecule is NC(N)=NCCCC1NC(CNC(=O)c2ccc(-c3ccccc3)cc2)CCN(CC2CCCCC2)C1=O. The Balaban J connectivity index is 1.35. The van der Waals surface area contributed by atoms with Gasteiger partial charge in [-0.1, -0.05) is 61.7 Å². The van der Waals surface area contributed by atoms with Crippen LogP contribution < -0.4 is 22.1 Å². The van der Waals surface area contributed by atoms with Gasteiger partial charge in [0, 0.05) is 37.8 Å². The number of amides is 2. The van der Waals surface area contributed by atoms with Gasteiger partial charge in [0.1, 0.15) is 0 Å². The molecule has 8 nitrogen and oxygen atoms in total. The standard InChI is InChI=1S/C30H42N6O2/c31-30(32)33-18-7-12-27-29(38)36(21-22-8-3-1-4-9-22)19-17-26(35-27)20-34-28(37)25-15-13-24(14-16-25)23-10-5-2-6-11-23/h2,5-6,10-11,13-16,22,26-27,35H,1,3-4,7-9,12,17-21H2,(H,34,37)(H4,31,32,33). The number of rotatable bonds is 10. The molecule has 8 heteroatoms. The number of nitrogens with one attached hydrogen (secondary N) is 2. The molecule has 0 aromatic heterocycles. The zero-order valence-corrected chi connectivity index (χ0v) is 22.3. The van der Waals surface area contributed by atoms with Gasteiger partial charge in [0.15, 0.2) is 5.96 Å². The molecule has 2 amide bonds. The maximum Gasteiger partial charge on any atom is 0.251 e. The van der Waals surface area contributed by atoms with Crippen molar-refractivity contribution in [3.8, 4) is 11.1 Å². The van der Waals surface area contributed by atoms with Crippen LogP contribution in [0.3, 0.4) is 0 Å². The summed E-state index contributed by atoms with van der Waals surface area (Å²) in [6.45, 7) is 2.50. The topological polar surface area (TPSA) is 126 Å². The van der Waals surface area contributed by atoms with Gasteiger partial charge in [-0.3, -0.25) is 14.6 Å². The Kier molecular flexibility index (Phi) is 10.1. The van der Waals surface area contributed by atoms with Crippen molar-refractivity contribution in [2.45, 2.75) is 63.5 Å². The van der Waals surface area contributed by atoms with Crippen LogP contribution >= 0.6 is 0 Å². The van der Waals surface area contributed by atoms with Gasteiger partial charge in [-0.2, -0.15) is 0 Å². The second kappa shape index (κ2) is 14.0. The van der Waals surface area contributed by atoms with Crippen molar-refractivity contribution in [3.05, 3.63) is 60.2 Å². The van der Waals surface area contributed by atoms with Crippen molar-refractivity contribution in [1.82, 2.24) is 15.5 Å². The molecule has 1 saturated carbocycles. The third-order valence-corrected chi connectivity index (χ3v) is 7.71. The summed E-state index contributed by atoms with van der Waals surface area (Å²) in [5.74, 6) is 0.711. The molecule has 38 heavy (non-hydrogen) atoms. The molecular weight excluding hydrogens is 476 g/mol. The number of carbonyl (C=O) groups excluding carboxylic acids is 2. The number of nitrogens with two attached hydrogens (primary N) is 2. The number of benzene rings is 2. The Labute approximate surface area is 226 Å². The normalized spacial score (nSPS) is 20.5. The molecular formula is C30H42N6O2. The lowest BCUT2D eigenvalue weighted by Crippen LogP contribution is -2.49. The molecule has 2 atom stereocenters. The first-order valence-corrected chi connectivity index (χ1v) is 14.0. The van der Waals surface area contributed by atoms with Crippen molar-refractivity contribution >= 4 is 17.8 Å². The smallest absolute Gasteiger partial charge is 0.251 e. The van der Waals surface area contributed by atoms with Gasteiger partial charge >= 0.3 is 0 Å². The van der Waals surface area contributed by atoms with E-state index in [9.17, 15) is 9.59 Å². The summed E-state index contributed by atoms with van der Waals surface area (Å²) in [6, 6.07) is 17.5. The summed E-state index contributed by atoms with van der Waals surface area (Å²) >= 11 is 0. The number of aliphatic imine (C=N–C) groups is 1. The van der Waals surface area contributed by atoms with Crippen LogP contribution in [0, 0.1) is 5.92 Å². The highest BCUT2D eigenvalue weighted by Gasteiger charge is 2.32. The monoisotopic (exact) mass is 518 g/mol. The number of hydrogen-bond donors (Lipinski definition) is 4. The van der Waals surface area contributed by atoms with Gasteiger partial charge < -0.3 is 27.0 Å². The third kappa shape index (κ3) is 8.05. The molecule has 1 aliphatic heterocycles. The lowest BCUT2D eigenvalue weighted by atomic mass is 9.89. The lowest BCUT2D eigenvalue weighted by Gasteiger charge is -2.30. The summed E-state index contributed by atoms with van der Waals surface area (Å²) in [5, 5.41) is 6.62. The molecule has 2 unspecified atom stereocenters. The summed E-state index contributed by atoms with van der Waals surface area (Å²) in [6.07, 6.45) is 8.39. The van der Waals surface area contributed by atoms with E-state index in [1.54, 1.807) is 0 Å². The van der Waals surface area contributed by atoms with Crippen LogP contribution in [-0.2, 0) is 4.79 Å². The molecule has 2 aromatic rings. The summed E-state index contributed by atoms with van der Waals surface area (Å²) in [4.78, 5) is 32.5. The molecule has 2 aliphatic rings. The van der Waals surface area contributed by atoms with Crippen LogP contribution in [0.1, 0.15) is 61.7 Å². The average molecular weight is 519 g/mol. The van der Waals surface area contributed by atoms with Crippen molar-refractivity contribution in [3.63, 3.8) is 0 Å². The number of carbonyl (C=O) groups is 2. The Bertz CT molecular complexity index is 1060. The molecule has 1 heterocycles. The molecule has 0 radical (unpaired) electrons. The average Bonchev–Trinajstić information content (AvgIpc) is 3.09. The highest BCUT2D eigenvalue weighted by Crippen LogP contribution is 2.26. The first kappa shape index (κ1) is 27.6. The Morgan fingerprint density at radius 3 is 2.39 bits per heavy atom. The second-order valence-electron chi connectivity index (χ2n) is 10.6. The van der Waals surface area contributed by atoms with Crippen LogP contribution in [0.2, 0.25) is 0 Å². The van der Waals surface area contributed by atoms with Crippen LogP contribution in [0.25, 0.3) is 11.1 Å². The van der Waals surface area contributed by atoms with E-state index >= 15 is 0 Å². The molecule has 204 valence electrons. The summed E-state index contributed by atoms with van der Waals surface area (Å²) < 4.78 is 0. The van der Waals surface area contributed by atoms with E-state index in [2.05, 4.69) is 32.7 Å². The fraction of sp³-hybridized carbons (Fsp3) is 0.500. The van der Waals surface area contributed by atoms with Crippen molar-refractivity contribution in [2.75, 3.05) is 26.2 Å². The van der Waals surface area contributed by atoms with E-state index in [1.807, 2.05) is 42.5 Å². The molecule has 1 aliphatic carbocycles. The van der Waals surface area contributed by atoms with Gasteiger partial charge in [-0.15, -0.1) is 0 Å². The lowest BCUT2D eigenvalue weighted by molar-refractivity contribution is -0.133. The highest BCUT2D eigenvalue weighted by molar-refractivity contribution is 5.94. The van der Waals surface area contributed by atoms with E-state index in [-0.39, 0.29) is 29.9 Å². The van der Waals surface area contributed by atoms with Gasteiger partial charge in [-0.05, 0) is 61.3 Å². The zero-order chi connectivity index (χ0) is 26.7. The quantitative estimate of drug-likeness (QED) is 0.218. The minimum absolute atomic E-state index is 0.0101. The van der Waals surface area contributed by atoms with Crippen LogP contribution in [0.5, 0.6) is 0 Å². The maximum atomic E-state index is 13.5. The molecule has 4 rings (SSSR count). The fourth-order valence-corrected chi connectivity index (χ4v) is 5.58. The van der Waals surface area contributed by atoms with Gasteiger partial charge in [0.25, 0.3) is 5.91 Å². The number of nitrogens with zero attached hydrogens (tertiary/aromatic N) is 2. The van der Waals surface area contributed by atoms with Crippen molar-refractivity contribution in [2.24, 2.45) is 22.4 Å². The minimum atomic E-state index is -0.303.